The van der Waals surface area contributed by atoms with Crippen LogP contribution in [0.15, 0.2) is 28.7 Å². The third kappa shape index (κ3) is 2.65. The maximum Gasteiger partial charge on any atom is 0.324 e. The molecule has 0 aliphatic carbocycles. The number of carbonyl (C=O) groups is 3. The number of hydrogen-bond acceptors (Lipinski definition) is 3. The molecule has 2 heterocycles. The minimum Gasteiger partial charge on any atom is -0.336 e. The Morgan fingerprint density at radius 2 is 1.95 bits per heavy atom. The lowest BCUT2D eigenvalue weighted by Crippen LogP contribution is -2.42. The minimum absolute atomic E-state index is 0.0516. The number of halogens is 1. The number of likely N-dealkylation sites (tertiary alicyclic amines) is 1. The highest BCUT2D eigenvalue weighted by Gasteiger charge is 2.39. The van der Waals surface area contributed by atoms with Gasteiger partial charge in [0.1, 0.15) is 0 Å². The monoisotopic (exact) mass is 351 g/mol. The van der Waals surface area contributed by atoms with Gasteiger partial charge in [0, 0.05) is 23.1 Å². The van der Waals surface area contributed by atoms with Crippen molar-refractivity contribution < 1.29 is 14.4 Å². The van der Waals surface area contributed by atoms with E-state index in [1.54, 1.807) is 17.0 Å². The summed E-state index contributed by atoms with van der Waals surface area (Å²) in [6.07, 6.45) is 0.626. The van der Waals surface area contributed by atoms with Crippen LogP contribution in [-0.4, -0.2) is 53.3 Å². The zero-order valence-electron chi connectivity index (χ0n) is 11.2. The molecule has 0 radical (unpaired) electrons. The fraction of sp³-hybridized carbons (Fsp3) is 0.357. The number of nitrogens with one attached hydrogen (secondary N) is 1. The molecule has 0 bridgehead atoms. The van der Waals surface area contributed by atoms with Crippen LogP contribution in [0.5, 0.6) is 0 Å². The molecule has 0 aromatic heterocycles. The van der Waals surface area contributed by atoms with Gasteiger partial charge in [-0.2, -0.15) is 0 Å². The molecule has 2 fully saturated rings. The fourth-order valence-electron chi connectivity index (χ4n) is 2.72. The Hall–Kier alpha value is -1.89. The quantitative estimate of drug-likeness (QED) is 0.814. The van der Waals surface area contributed by atoms with Crippen LogP contribution in [0.4, 0.5) is 4.79 Å². The Labute approximate surface area is 130 Å². The molecule has 1 aromatic rings. The number of urea groups is 1. The van der Waals surface area contributed by atoms with Crippen LogP contribution in [0.2, 0.25) is 0 Å². The molecule has 110 valence electrons. The summed E-state index contributed by atoms with van der Waals surface area (Å²) >= 11 is 3.33. The van der Waals surface area contributed by atoms with Gasteiger partial charge in [0.2, 0.25) is 5.91 Å². The molecule has 1 N–H and O–H groups in total. The van der Waals surface area contributed by atoms with Crippen LogP contribution in [0.25, 0.3) is 0 Å². The van der Waals surface area contributed by atoms with Crippen molar-refractivity contribution in [2.45, 2.75) is 12.5 Å². The van der Waals surface area contributed by atoms with Crippen LogP contribution < -0.4 is 5.32 Å². The molecule has 3 rings (SSSR count). The molecular weight excluding hydrogens is 338 g/mol. The Bertz CT molecular complexity index is 586. The summed E-state index contributed by atoms with van der Waals surface area (Å²) in [5, 5.41) is 2.51. The first-order valence-corrected chi connectivity index (χ1v) is 7.50. The smallest absolute Gasteiger partial charge is 0.324 e. The summed E-state index contributed by atoms with van der Waals surface area (Å²) in [7, 11) is 0. The zero-order valence-corrected chi connectivity index (χ0v) is 12.8. The van der Waals surface area contributed by atoms with Crippen molar-refractivity contribution in [2.24, 2.45) is 0 Å². The van der Waals surface area contributed by atoms with E-state index in [4.69, 9.17) is 0 Å². The van der Waals surface area contributed by atoms with E-state index in [-0.39, 0.29) is 30.4 Å². The second-order valence-electron chi connectivity index (χ2n) is 5.12. The summed E-state index contributed by atoms with van der Waals surface area (Å²) in [5.74, 6) is -0.292. The van der Waals surface area contributed by atoms with Crippen molar-refractivity contribution in [3.63, 3.8) is 0 Å². The first kappa shape index (κ1) is 14.1. The third-order valence-corrected chi connectivity index (χ3v) is 4.31. The van der Waals surface area contributed by atoms with Crippen LogP contribution in [-0.2, 0) is 4.79 Å². The second-order valence-corrected chi connectivity index (χ2v) is 6.04. The van der Waals surface area contributed by atoms with E-state index in [0.29, 0.717) is 25.1 Å². The van der Waals surface area contributed by atoms with Crippen molar-refractivity contribution in [3.05, 3.63) is 34.3 Å². The van der Waals surface area contributed by atoms with Crippen molar-refractivity contribution in [3.8, 4) is 0 Å². The largest absolute Gasteiger partial charge is 0.336 e. The van der Waals surface area contributed by atoms with Gasteiger partial charge in [-0.15, -0.1) is 0 Å². The van der Waals surface area contributed by atoms with Crippen LogP contribution in [0.1, 0.15) is 16.8 Å². The maximum atomic E-state index is 12.4. The van der Waals surface area contributed by atoms with Gasteiger partial charge in [0.25, 0.3) is 5.91 Å². The van der Waals surface area contributed by atoms with Gasteiger partial charge in [-0.25, -0.2) is 4.79 Å². The summed E-state index contributed by atoms with van der Waals surface area (Å²) < 4.78 is 0.915. The first-order valence-electron chi connectivity index (χ1n) is 6.71. The molecular formula is C14H14BrN3O3. The standard InChI is InChI=1S/C14H14BrN3O3/c15-10-3-1-9(2-4-10)13(20)17-6-5-11(8-17)18-12(19)7-16-14(18)21/h1-4,11H,5-8H2,(H,16,21). The van der Waals surface area contributed by atoms with Crippen LogP contribution >= 0.6 is 15.9 Å². The number of nitrogens with zero attached hydrogens (tertiary/aromatic N) is 2. The third-order valence-electron chi connectivity index (χ3n) is 3.79. The Kier molecular flexibility index (Phi) is 3.67. The van der Waals surface area contributed by atoms with Gasteiger partial charge in [0.05, 0.1) is 12.6 Å². The van der Waals surface area contributed by atoms with Crippen molar-refractivity contribution >= 4 is 33.8 Å². The summed E-state index contributed by atoms with van der Waals surface area (Å²) in [4.78, 5) is 38.7. The molecule has 1 atom stereocenters. The number of amides is 4. The highest BCUT2D eigenvalue weighted by atomic mass is 79.9. The molecule has 0 saturated carbocycles. The van der Waals surface area contributed by atoms with Gasteiger partial charge >= 0.3 is 6.03 Å². The van der Waals surface area contributed by atoms with Gasteiger partial charge < -0.3 is 10.2 Å². The van der Waals surface area contributed by atoms with Crippen molar-refractivity contribution in [1.29, 1.82) is 0 Å². The zero-order chi connectivity index (χ0) is 15.0. The Balaban J connectivity index is 1.69. The molecule has 21 heavy (non-hydrogen) atoms. The summed E-state index contributed by atoms with van der Waals surface area (Å²) in [5.41, 5.74) is 0.607. The van der Waals surface area contributed by atoms with Crippen molar-refractivity contribution in [2.75, 3.05) is 19.6 Å². The lowest BCUT2D eigenvalue weighted by atomic mass is 10.2. The van der Waals surface area contributed by atoms with E-state index in [0.717, 1.165) is 4.47 Å². The normalized spacial score (nSPS) is 21.9. The SMILES string of the molecule is O=C(c1ccc(Br)cc1)N1CCC(N2C(=O)CNC2=O)C1. The molecule has 4 amide bonds. The lowest BCUT2D eigenvalue weighted by molar-refractivity contribution is -0.126. The molecule has 7 heteroatoms. The number of carbonyl (C=O) groups excluding carboxylic acids is 3. The minimum atomic E-state index is -0.358. The summed E-state index contributed by atoms with van der Waals surface area (Å²) in [6.45, 7) is 1.00. The Morgan fingerprint density at radius 1 is 1.24 bits per heavy atom. The molecule has 2 saturated heterocycles. The molecule has 1 unspecified atom stereocenters. The van der Waals surface area contributed by atoms with E-state index in [1.807, 2.05) is 12.1 Å². The number of hydrogen-bond donors (Lipinski definition) is 1. The van der Waals surface area contributed by atoms with E-state index in [1.165, 1.54) is 4.90 Å². The van der Waals surface area contributed by atoms with Gasteiger partial charge in [-0.1, -0.05) is 15.9 Å². The topological polar surface area (TPSA) is 69.7 Å². The lowest BCUT2D eigenvalue weighted by Gasteiger charge is -2.21. The van der Waals surface area contributed by atoms with E-state index in [2.05, 4.69) is 21.2 Å². The van der Waals surface area contributed by atoms with Gasteiger partial charge in [-0.3, -0.25) is 14.5 Å². The van der Waals surface area contributed by atoms with Crippen molar-refractivity contribution in [1.82, 2.24) is 15.1 Å². The van der Waals surface area contributed by atoms with E-state index >= 15 is 0 Å². The first-order chi connectivity index (χ1) is 10.1. The average Bonchev–Trinajstić information content (AvgIpc) is 3.06. The average molecular weight is 352 g/mol. The molecule has 2 aliphatic rings. The second kappa shape index (κ2) is 5.48. The Morgan fingerprint density at radius 3 is 2.57 bits per heavy atom. The fourth-order valence-corrected chi connectivity index (χ4v) is 2.98. The molecule has 1 aromatic carbocycles. The molecule has 2 aliphatic heterocycles. The van der Waals surface area contributed by atoms with Crippen LogP contribution in [0, 0.1) is 0 Å². The van der Waals surface area contributed by atoms with Gasteiger partial charge in [-0.05, 0) is 30.7 Å². The maximum absolute atomic E-state index is 12.4. The predicted molar refractivity (Wildman–Crippen MR) is 78.7 cm³/mol. The van der Waals surface area contributed by atoms with Crippen LogP contribution in [0.3, 0.4) is 0 Å². The molecule has 0 spiro atoms. The highest BCUT2D eigenvalue weighted by Crippen LogP contribution is 2.21. The number of rotatable bonds is 2. The van der Waals surface area contributed by atoms with E-state index < -0.39 is 0 Å². The number of imide groups is 1. The number of benzene rings is 1. The molecule has 6 nitrogen and oxygen atoms in total. The van der Waals surface area contributed by atoms with Gasteiger partial charge in [0.15, 0.2) is 0 Å². The predicted octanol–water partition coefficient (Wildman–Crippen LogP) is 1.22. The van der Waals surface area contributed by atoms with E-state index in [9.17, 15) is 14.4 Å². The highest BCUT2D eigenvalue weighted by molar-refractivity contribution is 9.10. The summed E-state index contributed by atoms with van der Waals surface area (Å²) in [6, 6.07) is 6.57.